The Hall–Kier alpha value is -3.15. The molecule has 2 aromatic rings. The summed E-state index contributed by atoms with van der Waals surface area (Å²) in [7, 11) is 0. The number of carbonyl (C=O) groups is 2. The van der Waals surface area contributed by atoms with Gasteiger partial charge in [-0.3, -0.25) is 9.59 Å². The number of nitrogens with one attached hydrogen (secondary N) is 2. The molecular formula is C23H28N4O2. The molecule has 0 radical (unpaired) electrons. The van der Waals surface area contributed by atoms with Gasteiger partial charge in [-0.2, -0.15) is 5.10 Å². The van der Waals surface area contributed by atoms with Gasteiger partial charge in [-0.15, -0.1) is 0 Å². The smallest absolute Gasteiger partial charge is 0.259 e. The molecule has 6 nitrogen and oxygen atoms in total. The number of benzene rings is 2. The van der Waals surface area contributed by atoms with Gasteiger partial charge in [0.15, 0.2) is 0 Å². The van der Waals surface area contributed by atoms with Crippen molar-refractivity contribution in [1.82, 2.24) is 5.43 Å². The Morgan fingerprint density at radius 1 is 1.10 bits per heavy atom. The molecule has 2 N–H and O–H groups in total. The number of hydrogen-bond acceptors (Lipinski definition) is 4. The Kier molecular flexibility index (Phi) is 6.32. The third-order valence-corrected chi connectivity index (χ3v) is 5.12. The third-order valence-electron chi connectivity index (χ3n) is 5.12. The summed E-state index contributed by atoms with van der Waals surface area (Å²) in [6.07, 6.45) is 1.52. The summed E-state index contributed by atoms with van der Waals surface area (Å²) in [5.41, 5.74) is 9.54. The SMILES string of the molecule is C/C(=N/NC(=O)CNc1c(C)cc(C)cc1C)c1ccc(N2CCCC2=O)cc1. The molecule has 29 heavy (non-hydrogen) atoms. The second kappa shape index (κ2) is 8.90. The van der Waals surface area contributed by atoms with Crippen LogP contribution >= 0.6 is 0 Å². The highest BCUT2D eigenvalue weighted by molar-refractivity contribution is 6.00. The maximum Gasteiger partial charge on any atom is 0.259 e. The monoisotopic (exact) mass is 392 g/mol. The van der Waals surface area contributed by atoms with Crippen molar-refractivity contribution < 1.29 is 9.59 Å². The summed E-state index contributed by atoms with van der Waals surface area (Å²) < 4.78 is 0. The molecule has 1 saturated heterocycles. The predicted molar refractivity (Wildman–Crippen MR) is 118 cm³/mol. The van der Waals surface area contributed by atoms with E-state index < -0.39 is 0 Å². The highest BCUT2D eigenvalue weighted by Crippen LogP contribution is 2.22. The van der Waals surface area contributed by atoms with Crippen molar-refractivity contribution in [3.63, 3.8) is 0 Å². The number of aryl methyl sites for hydroxylation is 3. The van der Waals surface area contributed by atoms with Crippen LogP contribution in [0, 0.1) is 20.8 Å². The summed E-state index contributed by atoms with van der Waals surface area (Å²) in [6.45, 7) is 8.89. The molecule has 0 bridgehead atoms. The highest BCUT2D eigenvalue weighted by atomic mass is 16.2. The Morgan fingerprint density at radius 2 is 1.76 bits per heavy atom. The summed E-state index contributed by atoms with van der Waals surface area (Å²) in [5, 5.41) is 7.40. The summed E-state index contributed by atoms with van der Waals surface area (Å²) in [5.74, 6) is -0.0371. The zero-order chi connectivity index (χ0) is 21.0. The third kappa shape index (κ3) is 5.02. The minimum absolute atomic E-state index is 0.150. The van der Waals surface area contributed by atoms with Crippen LogP contribution < -0.4 is 15.6 Å². The van der Waals surface area contributed by atoms with E-state index in [9.17, 15) is 9.59 Å². The molecule has 3 rings (SSSR count). The molecule has 0 atom stereocenters. The van der Waals surface area contributed by atoms with Gasteiger partial charge in [-0.05, 0) is 62.9 Å². The normalized spacial score (nSPS) is 14.3. The molecule has 1 heterocycles. The van der Waals surface area contributed by atoms with Crippen LogP contribution in [0.4, 0.5) is 11.4 Å². The van der Waals surface area contributed by atoms with Gasteiger partial charge in [0.1, 0.15) is 0 Å². The van der Waals surface area contributed by atoms with Gasteiger partial charge in [0.05, 0.1) is 12.3 Å². The lowest BCUT2D eigenvalue weighted by molar-refractivity contribution is -0.119. The first-order valence-electron chi connectivity index (χ1n) is 9.91. The van der Waals surface area contributed by atoms with Crippen LogP contribution in [-0.2, 0) is 9.59 Å². The van der Waals surface area contributed by atoms with Gasteiger partial charge in [0.25, 0.3) is 5.91 Å². The van der Waals surface area contributed by atoms with E-state index in [1.807, 2.05) is 45.0 Å². The molecule has 152 valence electrons. The first-order chi connectivity index (χ1) is 13.8. The van der Waals surface area contributed by atoms with Crippen molar-refractivity contribution in [1.29, 1.82) is 0 Å². The van der Waals surface area contributed by atoms with E-state index >= 15 is 0 Å². The van der Waals surface area contributed by atoms with Crippen LogP contribution in [0.15, 0.2) is 41.5 Å². The standard InChI is InChI=1S/C23H28N4O2/c1-15-12-16(2)23(17(3)13-15)24-14-21(28)26-25-18(4)19-7-9-20(10-8-19)27-11-5-6-22(27)29/h7-10,12-13,24H,5-6,11,14H2,1-4H3,(H,26,28)/b25-18-. The zero-order valence-corrected chi connectivity index (χ0v) is 17.5. The van der Waals surface area contributed by atoms with E-state index in [1.54, 1.807) is 4.90 Å². The number of hydrogen-bond donors (Lipinski definition) is 2. The molecule has 1 aliphatic heterocycles. The summed E-state index contributed by atoms with van der Waals surface area (Å²) in [4.78, 5) is 25.8. The van der Waals surface area contributed by atoms with Gasteiger partial charge in [0, 0.05) is 24.3 Å². The second-order valence-electron chi connectivity index (χ2n) is 7.56. The predicted octanol–water partition coefficient (Wildman–Crippen LogP) is 3.69. The van der Waals surface area contributed by atoms with Crippen molar-refractivity contribution in [3.05, 3.63) is 58.7 Å². The molecule has 2 amide bonds. The Balaban J connectivity index is 1.56. The van der Waals surface area contributed by atoms with E-state index in [2.05, 4.69) is 34.9 Å². The number of carbonyl (C=O) groups excluding carboxylic acids is 2. The first-order valence-corrected chi connectivity index (χ1v) is 9.91. The molecule has 1 fully saturated rings. The fourth-order valence-corrected chi connectivity index (χ4v) is 3.68. The molecule has 0 aliphatic carbocycles. The number of amides is 2. The maximum absolute atomic E-state index is 12.2. The van der Waals surface area contributed by atoms with Gasteiger partial charge in [-0.1, -0.05) is 29.8 Å². The van der Waals surface area contributed by atoms with Crippen LogP contribution in [0.25, 0.3) is 0 Å². The fourth-order valence-electron chi connectivity index (χ4n) is 3.68. The number of hydrazone groups is 1. The molecule has 1 aliphatic rings. The maximum atomic E-state index is 12.2. The lowest BCUT2D eigenvalue weighted by Crippen LogP contribution is -2.27. The summed E-state index contributed by atoms with van der Waals surface area (Å²) >= 11 is 0. The second-order valence-corrected chi connectivity index (χ2v) is 7.56. The Labute approximate surface area is 172 Å². The number of anilines is 2. The van der Waals surface area contributed by atoms with Crippen LogP contribution in [0.1, 0.15) is 42.0 Å². The van der Waals surface area contributed by atoms with Crippen molar-refractivity contribution in [2.75, 3.05) is 23.3 Å². The van der Waals surface area contributed by atoms with Gasteiger partial charge in [0.2, 0.25) is 5.91 Å². The van der Waals surface area contributed by atoms with Gasteiger partial charge in [-0.25, -0.2) is 5.43 Å². The molecule has 0 unspecified atom stereocenters. The minimum atomic E-state index is -0.206. The van der Waals surface area contributed by atoms with E-state index in [-0.39, 0.29) is 18.4 Å². The molecule has 0 spiro atoms. The quantitative estimate of drug-likeness (QED) is 0.582. The summed E-state index contributed by atoms with van der Waals surface area (Å²) in [6, 6.07) is 11.9. The lowest BCUT2D eigenvalue weighted by Gasteiger charge is -2.16. The average molecular weight is 393 g/mol. The Bertz CT molecular complexity index is 925. The van der Waals surface area contributed by atoms with Crippen molar-refractivity contribution >= 4 is 28.9 Å². The van der Waals surface area contributed by atoms with E-state index in [0.717, 1.165) is 41.0 Å². The average Bonchev–Trinajstić information content (AvgIpc) is 3.11. The van der Waals surface area contributed by atoms with Crippen LogP contribution in [0.2, 0.25) is 0 Å². The molecule has 6 heteroatoms. The largest absolute Gasteiger partial charge is 0.376 e. The van der Waals surface area contributed by atoms with Gasteiger partial charge < -0.3 is 10.2 Å². The van der Waals surface area contributed by atoms with E-state index in [1.165, 1.54) is 5.56 Å². The van der Waals surface area contributed by atoms with Crippen molar-refractivity contribution in [2.24, 2.45) is 5.10 Å². The van der Waals surface area contributed by atoms with Gasteiger partial charge >= 0.3 is 0 Å². The number of rotatable bonds is 6. The molecule has 0 aromatic heterocycles. The van der Waals surface area contributed by atoms with Crippen LogP contribution in [-0.4, -0.2) is 30.6 Å². The van der Waals surface area contributed by atoms with E-state index in [0.29, 0.717) is 12.1 Å². The minimum Gasteiger partial charge on any atom is -0.376 e. The van der Waals surface area contributed by atoms with Crippen molar-refractivity contribution in [2.45, 2.75) is 40.5 Å². The topological polar surface area (TPSA) is 73.8 Å². The van der Waals surface area contributed by atoms with E-state index in [4.69, 9.17) is 0 Å². The molecule has 2 aromatic carbocycles. The first kappa shape index (κ1) is 20.6. The zero-order valence-electron chi connectivity index (χ0n) is 17.5. The fraction of sp³-hybridized carbons (Fsp3) is 0.348. The lowest BCUT2D eigenvalue weighted by atomic mass is 10.1. The van der Waals surface area contributed by atoms with Crippen LogP contribution in [0.3, 0.4) is 0 Å². The molecule has 0 saturated carbocycles. The molecular weight excluding hydrogens is 364 g/mol. The highest BCUT2D eigenvalue weighted by Gasteiger charge is 2.21. The van der Waals surface area contributed by atoms with Crippen LogP contribution in [0.5, 0.6) is 0 Å². The Morgan fingerprint density at radius 3 is 2.34 bits per heavy atom. The van der Waals surface area contributed by atoms with Crippen molar-refractivity contribution in [3.8, 4) is 0 Å². The number of nitrogens with zero attached hydrogens (tertiary/aromatic N) is 2.